The summed E-state index contributed by atoms with van der Waals surface area (Å²) in [5.74, 6) is 1.74. The third-order valence-electron chi connectivity index (χ3n) is 4.19. The summed E-state index contributed by atoms with van der Waals surface area (Å²) >= 11 is 0. The predicted molar refractivity (Wildman–Crippen MR) is 94.3 cm³/mol. The molecule has 0 fully saturated rings. The normalized spacial score (nSPS) is 11.0. The molecule has 4 aromatic rings. The lowest BCUT2D eigenvalue weighted by Crippen LogP contribution is -1.83. The van der Waals surface area contributed by atoms with Gasteiger partial charge in [-0.3, -0.25) is 0 Å². The van der Waals surface area contributed by atoms with Gasteiger partial charge in [0, 0.05) is 22.7 Å². The molecule has 1 heterocycles. The second kappa shape index (κ2) is 5.36. The maximum absolute atomic E-state index is 5.28. The van der Waals surface area contributed by atoms with E-state index in [0.717, 1.165) is 28.3 Å². The van der Waals surface area contributed by atoms with Gasteiger partial charge in [0.05, 0.1) is 14.2 Å². The van der Waals surface area contributed by atoms with Gasteiger partial charge in [-0.2, -0.15) is 0 Å². The largest absolute Gasteiger partial charge is 0.497 e. The number of ether oxygens (including phenoxy) is 2. The average Bonchev–Trinajstić information content (AvgIpc) is 3.03. The summed E-state index contributed by atoms with van der Waals surface area (Å²) in [6, 6.07) is 20.8. The van der Waals surface area contributed by atoms with Gasteiger partial charge in [-0.25, -0.2) is 0 Å². The summed E-state index contributed by atoms with van der Waals surface area (Å²) in [5.41, 5.74) is 3.35. The SMILES string of the molecule is COc1ccc2cc(-c3cc4ccc(OC)cc4[nH]3)ccc2c1. The zero-order valence-electron chi connectivity index (χ0n) is 13.1. The molecule has 0 amide bonds. The number of aromatic amines is 1. The van der Waals surface area contributed by atoms with Gasteiger partial charge >= 0.3 is 0 Å². The average molecular weight is 303 g/mol. The van der Waals surface area contributed by atoms with Crippen molar-refractivity contribution in [3.63, 3.8) is 0 Å². The van der Waals surface area contributed by atoms with Gasteiger partial charge in [0.2, 0.25) is 0 Å². The van der Waals surface area contributed by atoms with Crippen LogP contribution in [0.1, 0.15) is 0 Å². The van der Waals surface area contributed by atoms with Crippen LogP contribution in [0.5, 0.6) is 11.5 Å². The monoisotopic (exact) mass is 303 g/mol. The van der Waals surface area contributed by atoms with E-state index in [0.29, 0.717) is 0 Å². The highest BCUT2D eigenvalue weighted by Crippen LogP contribution is 2.30. The zero-order chi connectivity index (χ0) is 15.8. The Bertz CT molecular complexity index is 1000. The zero-order valence-corrected chi connectivity index (χ0v) is 13.1. The fourth-order valence-corrected chi connectivity index (χ4v) is 2.91. The van der Waals surface area contributed by atoms with Crippen LogP contribution < -0.4 is 9.47 Å². The van der Waals surface area contributed by atoms with Crippen LogP contribution in [0.15, 0.2) is 60.7 Å². The van der Waals surface area contributed by atoms with E-state index >= 15 is 0 Å². The number of hydrogen-bond donors (Lipinski definition) is 1. The van der Waals surface area contributed by atoms with Crippen LogP contribution in [0.2, 0.25) is 0 Å². The van der Waals surface area contributed by atoms with Gasteiger partial charge in [0.25, 0.3) is 0 Å². The standard InChI is InChI=1S/C20H17NO2/c1-22-17-7-5-13-9-15(4-3-14(13)10-17)19-11-16-6-8-18(23-2)12-20(16)21-19/h3-12,21H,1-2H3. The highest BCUT2D eigenvalue weighted by atomic mass is 16.5. The van der Waals surface area contributed by atoms with E-state index < -0.39 is 0 Å². The first-order chi connectivity index (χ1) is 11.3. The first-order valence-electron chi connectivity index (χ1n) is 7.52. The Morgan fingerprint density at radius 1 is 0.652 bits per heavy atom. The van der Waals surface area contributed by atoms with Crippen molar-refractivity contribution in [1.82, 2.24) is 4.98 Å². The molecule has 0 radical (unpaired) electrons. The molecule has 3 heteroatoms. The summed E-state index contributed by atoms with van der Waals surface area (Å²) in [6.07, 6.45) is 0. The summed E-state index contributed by atoms with van der Waals surface area (Å²) < 4.78 is 10.6. The summed E-state index contributed by atoms with van der Waals surface area (Å²) in [6.45, 7) is 0. The van der Waals surface area contributed by atoms with Crippen molar-refractivity contribution in [2.45, 2.75) is 0 Å². The molecule has 23 heavy (non-hydrogen) atoms. The molecule has 0 unspecified atom stereocenters. The van der Waals surface area contributed by atoms with Gasteiger partial charge in [-0.15, -0.1) is 0 Å². The van der Waals surface area contributed by atoms with E-state index in [9.17, 15) is 0 Å². The molecule has 4 rings (SSSR count). The van der Waals surface area contributed by atoms with Crippen LogP contribution in [0, 0.1) is 0 Å². The lowest BCUT2D eigenvalue weighted by atomic mass is 10.0. The highest BCUT2D eigenvalue weighted by Gasteiger charge is 2.06. The molecule has 3 aromatic carbocycles. The van der Waals surface area contributed by atoms with Gasteiger partial charge in [0.1, 0.15) is 11.5 Å². The lowest BCUT2D eigenvalue weighted by molar-refractivity contribution is 0.415. The van der Waals surface area contributed by atoms with Crippen LogP contribution in [-0.2, 0) is 0 Å². The molecule has 0 saturated heterocycles. The molecule has 0 bridgehead atoms. The lowest BCUT2D eigenvalue weighted by Gasteiger charge is -2.04. The molecule has 1 aromatic heterocycles. The van der Waals surface area contributed by atoms with Crippen LogP contribution in [0.3, 0.4) is 0 Å². The van der Waals surface area contributed by atoms with Gasteiger partial charge in [-0.05, 0) is 52.7 Å². The Labute approximate surface area is 134 Å². The Hall–Kier alpha value is -2.94. The molecule has 0 atom stereocenters. The van der Waals surface area contributed by atoms with Crippen molar-refractivity contribution in [3.05, 3.63) is 60.7 Å². The Morgan fingerprint density at radius 2 is 1.30 bits per heavy atom. The topological polar surface area (TPSA) is 34.2 Å². The minimum absolute atomic E-state index is 0.858. The number of benzene rings is 3. The minimum Gasteiger partial charge on any atom is -0.497 e. The fourth-order valence-electron chi connectivity index (χ4n) is 2.91. The molecule has 1 N–H and O–H groups in total. The number of nitrogens with one attached hydrogen (secondary N) is 1. The summed E-state index contributed by atoms with van der Waals surface area (Å²) in [5, 5.41) is 3.54. The molecule has 0 spiro atoms. The molecule has 3 nitrogen and oxygen atoms in total. The van der Waals surface area contributed by atoms with Gasteiger partial charge < -0.3 is 14.5 Å². The summed E-state index contributed by atoms with van der Waals surface area (Å²) in [7, 11) is 3.37. The van der Waals surface area contributed by atoms with Crippen molar-refractivity contribution in [2.24, 2.45) is 0 Å². The highest BCUT2D eigenvalue weighted by molar-refractivity contribution is 5.91. The van der Waals surface area contributed by atoms with E-state index in [2.05, 4.69) is 47.4 Å². The molecule has 0 aliphatic heterocycles. The first-order valence-corrected chi connectivity index (χ1v) is 7.52. The van der Waals surface area contributed by atoms with Crippen LogP contribution in [0.25, 0.3) is 32.9 Å². The second-order valence-electron chi connectivity index (χ2n) is 5.56. The number of fused-ring (bicyclic) bond motifs is 2. The second-order valence-corrected chi connectivity index (χ2v) is 5.56. The van der Waals surface area contributed by atoms with E-state index in [4.69, 9.17) is 9.47 Å². The van der Waals surface area contributed by atoms with Gasteiger partial charge in [-0.1, -0.05) is 18.2 Å². The third kappa shape index (κ3) is 2.40. The van der Waals surface area contributed by atoms with E-state index in [1.54, 1.807) is 14.2 Å². The van der Waals surface area contributed by atoms with Crippen LogP contribution >= 0.6 is 0 Å². The minimum atomic E-state index is 0.858. The maximum atomic E-state index is 5.28. The van der Waals surface area contributed by atoms with Crippen molar-refractivity contribution in [3.8, 4) is 22.8 Å². The van der Waals surface area contributed by atoms with Crippen LogP contribution in [-0.4, -0.2) is 19.2 Å². The third-order valence-corrected chi connectivity index (χ3v) is 4.19. The first kappa shape index (κ1) is 13.7. The smallest absolute Gasteiger partial charge is 0.120 e. The molecule has 0 saturated carbocycles. The number of methoxy groups -OCH3 is 2. The molecular formula is C20H17NO2. The van der Waals surface area contributed by atoms with Crippen molar-refractivity contribution in [2.75, 3.05) is 14.2 Å². The van der Waals surface area contributed by atoms with Crippen LogP contribution in [0.4, 0.5) is 0 Å². The molecule has 0 aliphatic rings. The Morgan fingerprint density at radius 3 is 2.09 bits per heavy atom. The van der Waals surface area contributed by atoms with E-state index in [-0.39, 0.29) is 0 Å². The number of aromatic nitrogens is 1. The molecule has 0 aliphatic carbocycles. The van der Waals surface area contributed by atoms with Crippen molar-refractivity contribution in [1.29, 1.82) is 0 Å². The van der Waals surface area contributed by atoms with E-state index in [1.807, 2.05) is 18.2 Å². The van der Waals surface area contributed by atoms with Crippen molar-refractivity contribution >= 4 is 21.7 Å². The van der Waals surface area contributed by atoms with Crippen molar-refractivity contribution < 1.29 is 9.47 Å². The van der Waals surface area contributed by atoms with Gasteiger partial charge in [0.15, 0.2) is 0 Å². The molecular weight excluding hydrogens is 286 g/mol. The number of rotatable bonds is 3. The number of hydrogen-bond acceptors (Lipinski definition) is 2. The molecule has 114 valence electrons. The number of H-pyrrole nitrogens is 1. The maximum Gasteiger partial charge on any atom is 0.120 e. The Balaban J connectivity index is 1.81. The summed E-state index contributed by atoms with van der Waals surface area (Å²) in [4.78, 5) is 3.47. The van der Waals surface area contributed by atoms with E-state index in [1.165, 1.54) is 16.2 Å². The quantitative estimate of drug-likeness (QED) is 0.577. The Kier molecular flexibility index (Phi) is 3.19. The predicted octanol–water partition coefficient (Wildman–Crippen LogP) is 5.01. The fraction of sp³-hybridized carbons (Fsp3) is 0.100.